The highest BCUT2D eigenvalue weighted by Gasteiger charge is 2.17. The van der Waals surface area contributed by atoms with Crippen molar-refractivity contribution in [3.63, 3.8) is 0 Å². The van der Waals surface area contributed by atoms with Gasteiger partial charge in [0.1, 0.15) is 35.1 Å². The molecule has 0 aliphatic heterocycles. The Morgan fingerprint density at radius 1 is 1.05 bits per heavy atom. The first-order chi connectivity index (χ1) is 19.0. The molecule has 4 heterocycles. The molecule has 0 saturated carbocycles. The second-order valence-corrected chi connectivity index (χ2v) is 9.92. The Hall–Kier alpha value is -4.70. The summed E-state index contributed by atoms with van der Waals surface area (Å²) in [6, 6.07) is 17.0. The first-order valence-electron chi connectivity index (χ1n) is 12.2. The Bertz CT molecular complexity index is 1770. The number of ketones is 1. The van der Waals surface area contributed by atoms with Crippen molar-refractivity contribution in [2.75, 3.05) is 14.2 Å². The number of hydrogen-bond donors (Lipinski definition) is 0. The number of aromatic nitrogens is 4. The molecule has 0 amide bonds. The van der Waals surface area contributed by atoms with Gasteiger partial charge in [0.2, 0.25) is 4.96 Å². The smallest absolute Gasteiger partial charge is 0.294 e. The quantitative estimate of drug-likeness (QED) is 0.208. The summed E-state index contributed by atoms with van der Waals surface area (Å²) in [6.07, 6.45) is 3.77. The monoisotopic (exact) mass is 540 g/mol. The minimum absolute atomic E-state index is 0.0266. The topological polar surface area (TPSA) is 101 Å². The third-order valence-electron chi connectivity index (χ3n) is 6.21. The molecular formula is C29H24N4O5S. The van der Waals surface area contributed by atoms with Crippen LogP contribution in [0.3, 0.4) is 0 Å². The summed E-state index contributed by atoms with van der Waals surface area (Å²) in [5.41, 5.74) is 4.58. The first-order valence-corrected chi connectivity index (χ1v) is 13.0. The van der Waals surface area contributed by atoms with E-state index in [1.54, 1.807) is 37.2 Å². The Morgan fingerprint density at radius 3 is 2.69 bits per heavy atom. The van der Waals surface area contributed by atoms with Crippen molar-refractivity contribution in [3.8, 4) is 28.1 Å². The molecule has 4 aromatic heterocycles. The molecule has 6 rings (SSSR count). The number of carbonyl (C=O) groups is 1. The third-order valence-corrected chi connectivity index (χ3v) is 7.09. The molecule has 0 atom stereocenters. The number of benzene rings is 2. The second-order valence-electron chi connectivity index (χ2n) is 9.00. The van der Waals surface area contributed by atoms with Crippen LogP contribution in [-0.4, -0.2) is 39.6 Å². The minimum atomic E-state index is -0.0266. The number of aryl methyl sites for hydroxylation is 1. The first kappa shape index (κ1) is 24.6. The van der Waals surface area contributed by atoms with Gasteiger partial charge in [0, 0.05) is 24.8 Å². The summed E-state index contributed by atoms with van der Waals surface area (Å²) < 4.78 is 24.7. The maximum Gasteiger partial charge on any atom is 0.294 e. The number of rotatable bonds is 9. The van der Waals surface area contributed by atoms with Crippen molar-refractivity contribution in [1.82, 2.24) is 19.6 Å². The SMILES string of the molecule is COc1cc(OCc2cccc(CC(=O)c3ccc(C)cn3)c2)c2cc(-c3cn4nc(OC)sc4n3)oc2c1. The molecule has 196 valence electrons. The van der Waals surface area contributed by atoms with Crippen LogP contribution >= 0.6 is 11.3 Å². The highest BCUT2D eigenvalue weighted by molar-refractivity contribution is 7.18. The Kier molecular flexibility index (Phi) is 6.45. The van der Waals surface area contributed by atoms with Gasteiger partial charge >= 0.3 is 0 Å². The number of methoxy groups -OCH3 is 2. The van der Waals surface area contributed by atoms with Crippen LogP contribution in [0.1, 0.15) is 27.2 Å². The van der Waals surface area contributed by atoms with Gasteiger partial charge in [0.05, 0.1) is 25.8 Å². The van der Waals surface area contributed by atoms with Gasteiger partial charge in [-0.2, -0.15) is 0 Å². The average Bonchev–Trinajstić information content (AvgIpc) is 3.65. The van der Waals surface area contributed by atoms with Crippen molar-refractivity contribution in [2.24, 2.45) is 0 Å². The molecule has 0 aliphatic rings. The second kappa shape index (κ2) is 10.2. The van der Waals surface area contributed by atoms with E-state index in [-0.39, 0.29) is 12.2 Å². The van der Waals surface area contributed by atoms with Crippen LogP contribution in [0.2, 0.25) is 0 Å². The van der Waals surface area contributed by atoms with Gasteiger partial charge in [-0.05, 0) is 47.1 Å². The zero-order chi connectivity index (χ0) is 26.9. The lowest BCUT2D eigenvalue weighted by Gasteiger charge is -2.10. The molecule has 0 saturated heterocycles. The zero-order valence-corrected chi connectivity index (χ0v) is 22.3. The van der Waals surface area contributed by atoms with Gasteiger partial charge in [-0.1, -0.05) is 30.3 Å². The molecule has 9 nitrogen and oxygen atoms in total. The van der Waals surface area contributed by atoms with E-state index in [0.29, 0.717) is 51.0 Å². The van der Waals surface area contributed by atoms with Crippen LogP contribution < -0.4 is 14.2 Å². The van der Waals surface area contributed by atoms with E-state index in [1.807, 2.05) is 55.5 Å². The number of imidazole rings is 1. The molecule has 6 aromatic rings. The Morgan fingerprint density at radius 2 is 1.92 bits per heavy atom. The van der Waals surface area contributed by atoms with Gasteiger partial charge in [0.25, 0.3) is 5.19 Å². The Labute approximate surface area is 227 Å². The molecule has 2 aromatic carbocycles. The number of fused-ring (bicyclic) bond motifs is 2. The van der Waals surface area contributed by atoms with Crippen LogP contribution in [0, 0.1) is 6.92 Å². The summed E-state index contributed by atoms with van der Waals surface area (Å²) in [7, 11) is 3.17. The van der Waals surface area contributed by atoms with E-state index in [9.17, 15) is 4.79 Å². The standard InChI is InChI=1S/C29H24N4O5S/c1-17-7-8-22(30-14-17)24(34)10-18-5-4-6-19(9-18)16-37-25-11-20(35-2)12-26-21(25)13-27(38-26)23-15-33-28(31-23)39-29(32-33)36-3/h4-9,11-15H,10,16H2,1-3H3. The third kappa shape index (κ3) is 5.06. The average molecular weight is 541 g/mol. The van der Waals surface area contributed by atoms with Crippen molar-refractivity contribution in [2.45, 2.75) is 20.0 Å². The summed E-state index contributed by atoms with van der Waals surface area (Å²) >= 11 is 1.35. The van der Waals surface area contributed by atoms with E-state index < -0.39 is 0 Å². The van der Waals surface area contributed by atoms with Gasteiger partial charge < -0.3 is 18.6 Å². The molecule has 0 N–H and O–H groups in total. The van der Waals surface area contributed by atoms with Crippen LogP contribution in [-0.2, 0) is 13.0 Å². The summed E-state index contributed by atoms with van der Waals surface area (Å²) in [4.78, 5) is 22.3. The van der Waals surface area contributed by atoms with E-state index in [4.69, 9.17) is 18.6 Å². The molecule has 39 heavy (non-hydrogen) atoms. The van der Waals surface area contributed by atoms with Gasteiger partial charge in [-0.3, -0.25) is 9.78 Å². The lowest BCUT2D eigenvalue weighted by Crippen LogP contribution is -2.06. The molecule has 0 unspecified atom stereocenters. The lowest BCUT2D eigenvalue weighted by atomic mass is 10.0. The highest BCUT2D eigenvalue weighted by atomic mass is 32.1. The van der Waals surface area contributed by atoms with E-state index in [1.165, 1.54) is 11.3 Å². The van der Waals surface area contributed by atoms with Crippen molar-refractivity contribution in [3.05, 3.63) is 89.4 Å². The molecule has 0 aliphatic carbocycles. The molecule has 0 fully saturated rings. The fourth-order valence-electron chi connectivity index (χ4n) is 4.23. The van der Waals surface area contributed by atoms with Gasteiger partial charge in [-0.15, -0.1) is 5.10 Å². The van der Waals surface area contributed by atoms with Crippen molar-refractivity contribution in [1.29, 1.82) is 0 Å². The number of nitrogens with zero attached hydrogens (tertiary/aromatic N) is 4. The molecule has 0 bridgehead atoms. The van der Waals surface area contributed by atoms with Crippen molar-refractivity contribution >= 4 is 33.1 Å². The molecule has 0 radical (unpaired) electrons. The number of pyridine rings is 1. The van der Waals surface area contributed by atoms with Crippen LogP contribution in [0.25, 0.3) is 27.4 Å². The predicted molar refractivity (Wildman–Crippen MR) is 147 cm³/mol. The van der Waals surface area contributed by atoms with Crippen LogP contribution in [0.15, 0.2) is 71.4 Å². The number of ether oxygens (including phenoxy) is 3. The fraction of sp³-hybridized carbons (Fsp3) is 0.172. The number of Topliss-reactive ketones (excluding diaryl/α,β-unsaturated/α-hetero) is 1. The minimum Gasteiger partial charge on any atom is -0.496 e. The predicted octanol–water partition coefficient (Wildman–Crippen LogP) is 5.93. The van der Waals surface area contributed by atoms with E-state index >= 15 is 0 Å². The zero-order valence-electron chi connectivity index (χ0n) is 21.5. The molecule has 0 spiro atoms. The van der Waals surface area contributed by atoms with Crippen LogP contribution in [0.5, 0.6) is 16.7 Å². The summed E-state index contributed by atoms with van der Waals surface area (Å²) in [5.74, 6) is 1.79. The lowest BCUT2D eigenvalue weighted by molar-refractivity contribution is 0.0988. The number of furan rings is 1. The molecular weight excluding hydrogens is 516 g/mol. The summed E-state index contributed by atoms with van der Waals surface area (Å²) in [6.45, 7) is 2.25. The molecule has 10 heteroatoms. The largest absolute Gasteiger partial charge is 0.496 e. The maximum atomic E-state index is 12.7. The van der Waals surface area contributed by atoms with Crippen LogP contribution in [0.4, 0.5) is 0 Å². The Balaban J connectivity index is 1.23. The maximum absolute atomic E-state index is 12.7. The van der Waals surface area contributed by atoms with Gasteiger partial charge in [-0.25, -0.2) is 9.50 Å². The number of carbonyl (C=O) groups excluding carboxylic acids is 1. The van der Waals surface area contributed by atoms with Crippen molar-refractivity contribution < 1.29 is 23.4 Å². The van der Waals surface area contributed by atoms with E-state index in [2.05, 4.69) is 15.1 Å². The fourth-order valence-corrected chi connectivity index (χ4v) is 4.93. The van der Waals surface area contributed by atoms with Gasteiger partial charge in [0.15, 0.2) is 11.5 Å². The summed E-state index contributed by atoms with van der Waals surface area (Å²) in [5, 5.41) is 5.66. The number of hydrogen-bond acceptors (Lipinski definition) is 9. The van der Waals surface area contributed by atoms with E-state index in [0.717, 1.165) is 22.1 Å². The normalized spacial score (nSPS) is 11.3. The highest BCUT2D eigenvalue weighted by Crippen LogP contribution is 2.37.